The summed E-state index contributed by atoms with van der Waals surface area (Å²) in [7, 11) is -3.36. The van der Waals surface area contributed by atoms with Crippen LogP contribution in [0.2, 0.25) is 5.02 Å². The molecular formula is C18H16ClO5S-. The molecule has 0 unspecified atom stereocenters. The van der Waals surface area contributed by atoms with E-state index in [9.17, 15) is 23.4 Å². The van der Waals surface area contributed by atoms with Crippen molar-refractivity contribution in [3.05, 3.63) is 70.3 Å². The number of hydrogen-bond acceptors (Lipinski definition) is 5. The van der Waals surface area contributed by atoms with E-state index in [1.807, 2.05) is 0 Å². The van der Waals surface area contributed by atoms with Gasteiger partial charge in [0.25, 0.3) is 0 Å². The molecule has 2 aromatic carbocycles. The molecule has 5 nitrogen and oxygen atoms in total. The number of carboxylic acid groups (broad SMARTS) is 1. The average Bonchev–Trinajstić information content (AvgIpc) is 2.55. The first kappa shape index (κ1) is 19.2. The molecule has 0 aliphatic carbocycles. The van der Waals surface area contributed by atoms with Crippen LogP contribution in [-0.4, -0.2) is 32.4 Å². The lowest BCUT2D eigenvalue weighted by molar-refractivity contribution is -0.299. The van der Waals surface area contributed by atoms with Crippen molar-refractivity contribution < 1.29 is 23.4 Å². The highest BCUT2D eigenvalue weighted by atomic mass is 35.5. The number of carbonyl (C=O) groups excluding carboxylic acids is 1. The zero-order chi connectivity index (χ0) is 18.6. The van der Waals surface area contributed by atoms with Crippen LogP contribution >= 0.6 is 11.6 Å². The maximum Gasteiger partial charge on any atom is 0.175 e. The molecule has 0 aliphatic rings. The first-order valence-corrected chi connectivity index (χ1v) is 9.62. The molecule has 25 heavy (non-hydrogen) atoms. The first-order chi connectivity index (χ1) is 11.7. The molecule has 0 saturated heterocycles. The lowest BCUT2D eigenvalue weighted by Gasteiger charge is -2.17. The van der Waals surface area contributed by atoms with Crippen molar-refractivity contribution in [3.8, 4) is 0 Å². The smallest absolute Gasteiger partial charge is 0.175 e. The number of carbonyl (C=O) groups is 1. The summed E-state index contributed by atoms with van der Waals surface area (Å²) < 4.78 is 23.2. The Morgan fingerprint density at radius 3 is 1.92 bits per heavy atom. The highest BCUT2D eigenvalue weighted by molar-refractivity contribution is 7.90. The van der Waals surface area contributed by atoms with Gasteiger partial charge in [-0.1, -0.05) is 35.9 Å². The lowest BCUT2D eigenvalue weighted by Crippen LogP contribution is -2.26. The minimum Gasteiger partial charge on any atom is -0.545 e. The third kappa shape index (κ3) is 4.69. The average molecular weight is 380 g/mol. The van der Waals surface area contributed by atoms with Gasteiger partial charge in [0.05, 0.1) is 10.9 Å². The van der Waals surface area contributed by atoms with E-state index in [-0.39, 0.29) is 23.5 Å². The number of rotatable bonds is 6. The number of hydrogen-bond donors (Lipinski definition) is 1. The van der Waals surface area contributed by atoms with Crippen LogP contribution in [0.5, 0.6) is 0 Å². The van der Waals surface area contributed by atoms with Crippen molar-refractivity contribution >= 4 is 33.0 Å². The van der Waals surface area contributed by atoms with Gasteiger partial charge in [-0.2, -0.15) is 0 Å². The largest absolute Gasteiger partial charge is 0.545 e. The Balaban J connectivity index is 2.68. The van der Waals surface area contributed by atoms with Crippen LogP contribution in [0, 0.1) is 0 Å². The minimum atomic E-state index is -3.36. The van der Waals surface area contributed by atoms with Crippen LogP contribution in [0.1, 0.15) is 17.5 Å². The van der Waals surface area contributed by atoms with Gasteiger partial charge in [0.1, 0.15) is 0 Å². The number of benzene rings is 2. The SMILES string of the molecule is CS(=O)(=O)c1ccc(/C(=C(\CCO)C(=O)[O-])c2ccc(Cl)cc2)cc1. The van der Waals surface area contributed by atoms with Gasteiger partial charge in [-0.05, 0) is 53.0 Å². The Morgan fingerprint density at radius 2 is 1.52 bits per heavy atom. The summed E-state index contributed by atoms with van der Waals surface area (Å²) in [6.07, 6.45) is 0.991. The number of halogens is 1. The summed E-state index contributed by atoms with van der Waals surface area (Å²) >= 11 is 5.89. The van der Waals surface area contributed by atoms with Crippen molar-refractivity contribution in [1.29, 1.82) is 0 Å². The van der Waals surface area contributed by atoms with Crippen molar-refractivity contribution in [3.63, 3.8) is 0 Å². The Kier molecular flexibility index (Phi) is 6.00. The maximum absolute atomic E-state index is 11.6. The molecule has 2 rings (SSSR count). The Hall–Kier alpha value is -2.15. The molecule has 0 spiro atoms. The van der Waals surface area contributed by atoms with Crippen LogP contribution in [-0.2, 0) is 14.6 Å². The zero-order valence-corrected chi connectivity index (χ0v) is 15.0. The molecule has 0 bridgehead atoms. The topological polar surface area (TPSA) is 94.5 Å². The molecule has 0 saturated carbocycles. The quantitative estimate of drug-likeness (QED) is 0.770. The highest BCUT2D eigenvalue weighted by Gasteiger charge is 2.14. The predicted octanol–water partition coefficient (Wildman–Crippen LogP) is 1.68. The van der Waals surface area contributed by atoms with Gasteiger partial charge in [0.15, 0.2) is 9.84 Å². The van der Waals surface area contributed by atoms with E-state index in [0.29, 0.717) is 21.7 Å². The number of aliphatic hydroxyl groups is 1. The molecule has 0 amide bonds. The van der Waals surface area contributed by atoms with E-state index in [0.717, 1.165) is 6.26 Å². The summed E-state index contributed by atoms with van der Waals surface area (Å²) in [5.41, 5.74) is 1.36. The second kappa shape index (κ2) is 7.82. The van der Waals surface area contributed by atoms with Crippen LogP contribution in [0.15, 0.2) is 59.0 Å². The molecule has 0 aliphatic heterocycles. The van der Waals surface area contributed by atoms with Crippen molar-refractivity contribution in [1.82, 2.24) is 0 Å². The molecule has 132 valence electrons. The Morgan fingerprint density at radius 1 is 1.04 bits per heavy atom. The van der Waals surface area contributed by atoms with E-state index in [1.165, 1.54) is 24.3 Å². The van der Waals surface area contributed by atoms with Gasteiger partial charge in [0, 0.05) is 17.9 Å². The van der Waals surface area contributed by atoms with Crippen LogP contribution in [0.3, 0.4) is 0 Å². The number of aliphatic carboxylic acids is 1. The zero-order valence-electron chi connectivity index (χ0n) is 13.4. The number of aliphatic hydroxyl groups excluding tert-OH is 1. The van der Waals surface area contributed by atoms with Gasteiger partial charge in [-0.15, -0.1) is 0 Å². The van der Waals surface area contributed by atoms with Crippen molar-refractivity contribution in [2.75, 3.05) is 12.9 Å². The molecular weight excluding hydrogens is 364 g/mol. The third-order valence-electron chi connectivity index (χ3n) is 3.61. The minimum absolute atomic E-state index is 0.0723. The fraction of sp³-hybridized carbons (Fsp3) is 0.167. The highest BCUT2D eigenvalue weighted by Crippen LogP contribution is 2.30. The second-order valence-corrected chi connectivity index (χ2v) is 7.87. The Labute approximate surface area is 151 Å². The molecule has 7 heteroatoms. The van der Waals surface area contributed by atoms with Gasteiger partial charge >= 0.3 is 0 Å². The molecule has 0 atom stereocenters. The Bertz CT molecular complexity index is 897. The predicted molar refractivity (Wildman–Crippen MR) is 93.7 cm³/mol. The maximum atomic E-state index is 11.6. The molecule has 2 aromatic rings. The van der Waals surface area contributed by atoms with Gasteiger partial charge < -0.3 is 15.0 Å². The van der Waals surface area contributed by atoms with E-state index in [1.54, 1.807) is 24.3 Å². The van der Waals surface area contributed by atoms with E-state index in [2.05, 4.69) is 0 Å². The van der Waals surface area contributed by atoms with Crippen LogP contribution in [0.25, 0.3) is 5.57 Å². The first-order valence-electron chi connectivity index (χ1n) is 7.36. The summed E-state index contributed by atoms with van der Waals surface area (Å²) in [6.45, 7) is -0.359. The fourth-order valence-electron chi connectivity index (χ4n) is 2.44. The normalized spacial score (nSPS) is 12.6. The summed E-state index contributed by atoms with van der Waals surface area (Å²) in [5.74, 6) is -1.40. The summed E-state index contributed by atoms with van der Waals surface area (Å²) in [5, 5.41) is 21.3. The molecule has 0 aromatic heterocycles. The van der Waals surface area contributed by atoms with Crippen LogP contribution in [0.4, 0.5) is 0 Å². The summed E-state index contributed by atoms with van der Waals surface area (Å²) in [6, 6.07) is 12.4. The summed E-state index contributed by atoms with van der Waals surface area (Å²) in [4.78, 5) is 11.7. The van der Waals surface area contributed by atoms with Crippen LogP contribution < -0.4 is 5.11 Å². The number of sulfone groups is 1. The van der Waals surface area contributed by atoms with Gasteiger partial charge in [-0.3, -0.25) is 0 Å². The number of carboxylic acids is 1. The van der Waals surface area contributed by atoms with E-state index < -0.39 is 15.8 Å². The molecule has 1 N–H and O–H groups in total. The van der Waals surface area contributed by atoms with Gasteiger partial charge in [0.2, 0.25) is 0 Å². The molecule has 0 radical (unpaired) electrons. The van der Waals surface area contributed by atoms with Gasteiger partial charge in [-0.25, -0.2) is 8.42 Å². The molecule has 0 fully saturated rings. The second-order valence-electron chi connectivity index (χ2n) is 5.42. The lowest BCUT2D eigenvalue weighted by atomic mass is 9.91. The van der Waals surface area contributed by atoms with E-state index in [4.69, 9.17) is 11.6 Å². The van der Waals surface area contributed by atoms with Crippen molar-refractivity contribution in [2.45, 2.75) is 11.3 Å². The van der Waals surface area contributed by atoms with E-state index >= 15 is 0 Å². The fourth-order valence-corrected chi connectivity index (χ4v) is 3.20. The third-order valence-corrected chi connectivity index (χ3v) is 4.99. The standard InChI is InChI=1S/C18H17ClO5S/c1-25(23,24)15-8-4-13(5-9-15)17(16(10-11-20)18(21)22)12-2-6-14(19)7-3-12/h2-9,20H,10-11H2,1H3,(H,21,22)/p-1/b17-16+. The van der Waals surface area contributed by atoms with Crippen molar-refractivity contribution in [2.24, 2.45) is 0 Å². The molecule has 0 heterocycles. The monoisotopic (exact) mass is 379 g/mol.